The molecule has 3 rings (SSSR count). The molecule has 138 valence electrons. The number of hydrogen-bond acceptors (Lipinski definition) is 6. The average molecular weight is 375 g/mol. The molecular weight excluding hydrogens is 354 g/mol. The number of nitrogens with one attached hydrogen (secondary N) is 1. The van der Waals surface area contributed by atoms with E-state index in [0.717, 1.165) is 25.7 Å². The first kappa shape index (κ1) is 18.3. The number of benzene rings is 1. The number of carbonyl (C=O) groups is 2. The van der Waals surface area contributed by atoms with Crippen molar-refractivity contribution in [1.82, 2.24) is 0 Å². The molecule has 1 aliphatic carbocycles. The van der Waals surface area contributed by atoms with Gasteiger partial charge in [-0.1, -0.05) is 0 Å². The molecule has 1 aromatic heterocycles. The van der Waals surface area contributed by atoms with Gasteiger partial charge in [0.15, 0.2) is 18.1 Å². The van der Waals surface area contributed by atoms with Crippen LogP contribution in [-0.4, -0.2) is 32.7 Å². The molecule has 2 aromatic rings. The van der Waals surface area contributed by atoms with E-state index in [0.29, 0.717) is 22.1 Å². The van der Waals surface area contributed by atoms with Crippen molar-refractivity contribution in [2.75, 3.05) is 26.1 Å². The van der Waals surface area contributed by atoms with Crippen LogP contribution in [0.1, 0.15) is 33.0 Å². The highest BCUT2D eigenvalue weighted by atomic mass is 32.1. The summed E-state index contributed by atoms with van der Waals surface area (Å²) in [6.07, 6.45) is 4.35. The van der Waals surface area contributed by atoms with Gasteiger partial charge < -0.3 is 19.5 Å². The van der Waals surface area contributed by atoms with E-state index in [4.69, 9.17) is 14.2 Å². The quantitative estimate of drug-likeness (QED) is 0.783. The van der Waals surface area contributed by atoms with Crippen LogP contribution in [0.2, 0.25) is 0 Å². The fourth-order valence-electron chi connectivity index (χ4n) is 2.90. The molecule has 1 aromatic carbocycles. The zero-order valence-corrected chi connectivity index (χ0v) is 15.6. The van der Waals surface area contributed by atoms with Crippen LogP contribution in [0.25, 0.3) is 0 Å². The lowest BCUT2D eigenvalue weighted by atomic mass is 9.99. The molecule has 0 atom stereocenters. The molecule has 0 saturated carbocycles. The van der Waals surface area contributed by atoms with E-state index in [-0.39, 0.29) is 6.61 Å². The van der Waals surface area contributed by atoms with Gasteiger partial charge in [-0.25, -0.2) is 4.79 Å². The third-order valence-corrected chi connectivity index (χ3v) is 5.42. The van der Waals surface area contributed by atoms with Crippen molar-refractivity contribution in [3.63, 3.8) is 0 Å². The first-order valence-corrected chi connectivity index (χ1v) is 9.23. The summed E-state index contributed by atoms with van der Waals surface area (Å²) in [6.45, 7) is -0.338. The molecule has 1 heterocycles. The summed E-state index contributed by atoms with van der Waals surface area (Å²) in [5.74, 6) is 0.212. The molecule has 1 N–H and O–H groups in total. The number of aryl methyl sites for hydroxylation is 2. The van der Waals surface area contributed by atoms with Crippen LogP contribution in [0.4, 0.5) is 5.69 Å². The molecule has 26 heavy (non-hydrogen) atoms. The zero-order chi connectivity index (χ0) is 18.5. The lowest BCUT2D eigenvalue weighted by Crippen LogP contribution is -2.20. The highest BCUT2D eigenvalue weighted by Crippen LogP contribution is 2.31. The lowest BCUT2D eigenvalue weighted by molar-refractivity contribution is -0.119. The number of fused-ring (bicyclic) bond motifs is 1. The third-order valence-electron chi connectivity index (χ3n) is 4.20. The number of methoxy groups -OCH3 is 2. The first-order valence-electron chi connectivity index (χ1n) is 8.41. The largest absolute Gasteiger partial charge is 0.493 e. The molecular formula is C19H21NO5S. The van der Waals surface area contributed by atoms with E-state index in [9.17, 15) is 9.59 Å². The Morgan fingerprint density at radius 2 is 1.85 bits per heavy atom. The van der Waals surface area contributed by atoms with Crippen LogP contribution in [0.3, 0.4) is 0 Å². The Hall–Kier alpha value is -2.54. The minimum Gasteiger partial charge on any atom is -0.493 e. The minimum absolute atomic E-state index is 0.338. The summed E-state index contributed by atoms with van der Waals surface area (Å²) in [5.41, 5.74) is 1.78. The Kier molecular flexibility index (Phi) is 5.78. The minimum atomic E-state index is -0.452. The maximum Gasteiger partial charge on any atom is 0.348 e. The van der Waals surface area contributed by atoms with Crippen molar-refractivity contribution >= 4 is 28.9 Å². The Bertz CT molecular complexity index is 791. The van der Waals surface area contributed by atoms with Gasteiger partial charge in [-0.3, -0.25) is 4.79 Å². The van der Waals surface area contributed by atoms with E-state index in [1.54, 1.807) is 18.2 Å². The number of thiophene rings is 1. The molecule has 0 saturated heterocycles. The second-order valence-corrected chi connectivity index (χ2v) is 7.10. The number of amides is 1. The van der Waals surface area contributed by atoms with Gasteiger partial charge in [0.05, 0.1) is 14.2 Å². The van der Waals surface area contributed by atoms with Gasteiger partial charge in [0.2, 0.25) is 0 Å². The topological polar surface area (TPSA) is 73.9 Å². The van der Waals surface area contributed by atoms with E-state index >= 15 is 0 Å². The molecule has 1 amide bonds. The highest BCUT2D eigenvalue weighted by Gasteiger charge is 2.19. The van der Waals surface area contributed by atoms with Gasteiger partial charge >= 0.3 is 5.97 Å². The van der Waals surface area contributed by atoms with Gasteiger partial charge in [0.1, 0.15) is 4.88 Å². The molecule has 0 unspecified atom stereocenters. The van der Waals surface area contributed by atoms with Gasteiger partial charge in [-0.15, -0.1) is 11.3 Å². The molecule has 7 heteroatoms. The summed E-state index contributed by atoms with van der Waals surface area (Å²) < 4.78 is 15.5. The number of ether oxygens (including phenoxy) is 3. The fourth-order valence-corrected chi connectivity index (χ4v) is 4.05. The lowest BCUT2D eigenvalue weighted by Gasteiger charge is -2.10. The van der Waals surface area contributed by atoms with Crippen molar-refractivity contribution in [1.29, 1.82) is 0 Å². The van der Waals surface area contributed by atoms with Crippen LogP contribution in [-0.2, 0) is 22.4 Å². The van der Waals surface area contributed by atoms with E-state index < -0.39 is 11.9 Å². The number of anilines is 1. The number of carbonyl (C=O) groups excluding carboxylic acids is 2. The average Bonchev–Trinajstić information content (AvgIpc) is 3.10. The maximum absolute atomic E-state index is 12.2. The monoisotopic (exact) mass is 375 g/mol. The molecule has 0 bridgehead atoms. The summed E-state index contributed by atoms with van der Waals surface area (Å²) >= 11 is 1.47. The van der Waals surface area contributed by atoms with Crippen LogP contribution >= 0.6 is 11.3 Å². The predicted octanol–water partition coefficient (Wildman–Crippen LogP) is 3.44. The van der Waals surface area contributed by atoms with Crippen molar-refractivity contribution < 1.29 is 23.8 Å². The SMILES string of the molecule is COc1ccc(NC(=O)COC(=O)c2cc3c(s2)CCCC3)cc1OC. The molecule has 6 nitrogen and oxygen atoms in total. The third kappa shape index (κ3) is 4.16. The second-order valence-electron chi connectivity index (χ2n) is 5.96. The highest BCUT2D eigenvalue weighted by molar-refractivity contribution is 7.14. The maximum atomic E-state index is 12.2. The molecule has 0 fully saturated rings. The van der Waals surface area contributed by atoms with Crippen LogP contribution in [0, 0.1) is 0 Å². The van der Waals surface area contributed by atoms with Gasteiger partial charge in [-0.2, -0.15) is 0 Å². The number of rotatable bonds is 6. The van der Waals surface area contributed by atoms with Crippen LogP contribution in [0.15, 0.2) is 24.3 Å². The summed E-state index contributed by atoms with van der Waals surface area (Å²) in [7, 11) is 3.06. The van der Waals surface area contributed by atoms with Gasteiger partial charge in [-0.05, 0) is 49.4 Å². The molecule has 1 aliphatic rings. The van der Waals surface area contributed by atoms with Crippen molar-refractivity contribution in [2.24, 2.45) is 0 Å². The summed E-state index contributed by atoms with van der Waals surface area (Å²) in [5, 5.41) is 2.68. The second kappa shape index (κ2) is 8.23. The van der Waals surface area contributed by atoms with E-state index in [2.05, 4.69) is 5.32 Å². The predicted molar refractivity (Wildman–Crippen MR) is 99.4 cm³/mol. The van der Waals surface area contributed by atoms with Gasteiger partial charge in [0.25, 0.3) is 5.91 Å². The smallest absolute Gasteiger partial charge is 0.348 e. The zero-order valence-electron chi connectivity index (χ0n) is 14.8. The Balaban J connectivity index is 1.55. The number of hydrogen-bond donors (Lipinski definition) is 1. The Morgan fingerprint density at radius 1 is 1.08 bits per heavy atom. The standard InChI is InChI=1S/C19H21NO5S/c1-23-14-8-7-13(10-15(14)24-2)20-18(21)11-25-19(22)17-9-12-5-3-4-6-16(12)26-17/h7-10H,3-6,11H2,1-2H3,(H,20,21). The number of esters is 1. The van der Waals surface area contributed by atoms with E-state index in [1.165, 1.54) is 36.0 Å². The van der Waals surface area contributed by atoms with Crippen molar-refractivity contribution in [3.05, 3.63) is 39.6 Å². The van der Waals surface area contributed by atoms with Crippen LogP contribution < -0.4 is 14.8 Å². The summed E-state index contributed by atoms with van der Waals surface area (Å²) in [6, 6.07) is 6.92. The van der Waals surface area contributed by atoms with Crippen molar-refractivity contribution in [3.8, 4) is 11.5 Å². The summed E-state index contributed by atoms with van der Waals surface area (Å²) in [4.78, 5) is 26.0. The van der Waals surface area contributed by atoms with Gasteiger partial charge in [0, 0.05) is 16.6 Å². The molecule has 0 aliphatic heterocycles. The Morgan fingerprint density at radius 3 is 2.58 bits per heavy atom. The molecule has 0 radical (unpaired) electrons. The fraction of sp³-hybridized carbons (Fsp3) is 0.368. The van der Waals surface area contributed by atoms with Crippen molar-refractivity contribution in [2.45, 2.75) is 25.7 Å². The van der Waals surface area contributed by atoms with E-state index in [1.807, 2.05) is 6.07 Å². The first-order chi connectivity index (χ1) is 12.6. The normalized spacial score (nSPS) is 12.8. The molecule has 0 spiro atoms. The van der Waals surface area contributed by atoms with Crippen LogP contribution in [0.5, 0.6) is 11.5 Å². The Labute approximate surface area is 156 Å².